The zero-order valence-electron chi connectivity index (χ0n) is 41.8. The fourth-order valence-corrected chi connectivity index (χ4v) is 6.86. The van der Waals surface area contributed by atoms with Crippen LogP contribution in [0.3, 0.4) is 0 Å². The molecule has 0 spiro atoms. The van der Waals surface area contributed by atoms with Gasteiger partial charge in [0.15, 0.2) is 0 Å². The van der Waals surface area contributed by atoms with Gasteiger partial charge in [-0.3, -0.25) is 53.4 Å². The number of phenolic OH excluding ortho intramolecular Hbond substituents is 1. The molecule has 0 bridgehead atoms. The number of unbranched alkanes of at least 4 members (excludes halogenated alkanes) is 4. The minimum Gasteiger partial charge on any atom is -0.508 e. The monoisotopic (exact) mass is 1040 g/mol. The van der Waals surface area contributed by atoms with Crippen molar-refractivity contribution in [1.29, 1.82) is 0 Å². The van der Waals surface area contributed by atoms with Crippen molar-refractivity contribution in [1.82, 2.24) is 64.2 Å². The lowest BCUT2D eigenvalue weighted by molar-refractivity contribution is -0.129. The number of thiol groups is 1. The van der Waals surface area contributed by atoms with E-state index in [2.05, 4.69) is 83.8 Å². The molecular weight excluding hydrogens is 957 g/mol. The van der Waals surface area contributed by atoms with Crippen LogP contribution in [0.15, 0.2) is 24.3 Å². The highest BCUT2D eigenvalue weighted by atomic mass is 32.1. The molecule has 26 heteroatoms. The van der Waals surface area contributed by atoms with E-state index in [1.165, 1.54) is 12.1 Å². The van der Waals surface area contributed by atoms with Gasteiger partial charge in [0.1, 0.15) is 23.5 Å². The topological polar surface area (TPSA) is 387 Å². The molecule has 0 saturated heterocycles. The first-order valence-electron chi connectivity index (χ1n) is 24.5. The van der Waals surface area contributed by atoms with E-state index in [1.54, 1.807) is 19.1 Å². The summed E-state index contributed by atoms with van der Waals surface area (Å²) in [5, 5.41) is 34.8. The SMILES string of the molecule is CCCNCCNC[C@@](C)(NNNC(=O)CCCC(=O)N[C@@H](Cc1ccc(O)cc1)C(=O)NCCCCCC(=O)NCC(N)=O)NC(=O)CCCC(=O)NCC(=O)NCCCCCC(=O)N[C@@H](CS)C(N)=O. The molecule has 72 heavy (non-hydrogen) atoms. The van der Waals surface area contributed by atoms with Gasteiger partial charge >= 0.3 is 0 Å². The first-order chi connectivity index (χ1) is 34.4. The van der Waals surface area contributed by atoms with Crippen molar-refractivity contribution in [3.8, 4) is 5.75 Å². The molecule has 0 saturated carbocycles. The Kier molecular flexibility index (Phi) is 34.2. The first kappa shape index (κ1) is 63.9. The van der Waals surface area contributed by atoms with Gasteiger partial charge in [-0.2, -0.15) is 18.2 Å². The van der Waals surface area contributed by atoms with Crippen LogP contribution in [0.5, 0.6) is 5.75 Å². The number of benzene rings is 1. The average Bonchev–Trinajstić information content (AvgIpc) is 3.32. The van der Waals surface area contributed by atoms with Crippen molar-refractivity contribution in [2.45, 2.75) is 134 Å². The number of primary amides is 2. The van der Waals surface area contributed by atoms with E-state index in [9.17, 15) is 53.1 Å². The van der Waals surface area contributed by atoms with Crippen LogP contribution in [-0.4, -0.2) is 140 Å². The first-order valence-corrected chi connectivity index (χ1v) is 25.2. The van der Waals surface area contributed by atoms with E-state index >= 15 is 0 Å². The molecule has 25 nitrogen and oxygen atoms in total. The van der Waals surface area contributed by atoms with Crippen LogP contribution in [-0.2, 0) is 54.4 Å². The van der Waals surface area contributed by atoms with Gasteiger partial charge in [-0.05, 0) is 76.1 Å². The third kappa shape index (κ3) is 33.5. The quantitative estimate of drug-likeness (QED) is 0.0137. The maximum absolute atomic E-state index is 13.2. The minimum absolute atomic E-state index is 0.0105. The summed E-state index contributed by atoms with van der Waals surface area (Å²) < 4.78 is 0. The smallest absolute Gasteiger partial charge is 0.242 e. The van der Waals surface area contributed by atoms with Gasteiger partial charge in [-0.1, -0.05) is 31.9 Å². The van der Waals surface area contributed by atoms with Crippen molar-refractivity contribution in [3.63, 3.8) is 0 Å². The largest absolute Gasteiger partial charge is 0.508 e. The minimum atomic E-state index is -1.13. The number of nitrogens with one attached hydrogen (secondary N) is 12. The zero-order valence-corrected chi connectivity index (χ0v) is 42.7. The molecule has 1 aromatic rings. The van der Waals surface area contributed by atoms with Gasteiger partial charge < -0.3 is 64.4 Å². The molecule has 0 aromatic heterocycles. The predicted octanol–water partition coefficient (Wildman–Crippen LogP) is -2.72. The van der Waals surface area contributed by atoms with E-state index in [0.29, 0.717) is 70.3 Å². The molecule has 0 aliphatic rings. The molecule has 0 heterocycles. The lowest BCUT2D eigenvalue weighted by Gasteiger charge is -2.32. The third-order valence-electron chi connectivity index (χ3n) is 10.5. The molecular formula is C46H80N14O11S. The summed E-state index contributed by atoms with van der Waals surface area (Å²) in [6.45, 7) is 6.23. The van der Waals surface area contributed by atoms with E-state index in [-0.39, 0.29) is 113 Å². The normalized spacial score (nSPS) is 12.5. The molecule has 1 aromatic carbocycles. The number of hydrogen-bond donors (Lipinski definition) is 16. The van der Waals surface area contributed by atoms with Crippen LogP contribution >= 0.6 is 12.6 Å². The number of rotatable bonds is 42. The van der Waals surface area contributed by atoms with E-state index < -0.39 is 53.2 Å². The lowest BCUT2D eigenvalue weighted by Crippen LogP contribution is -2.68. The maximum Gasteiger partial charge on any atom is 0.242 e. The van der Waals surface area contributed by atoms with Crippen molar-refractivity contribution < 1.29 is 53.1 Å². The summed E-state index contributed by atoms with van der Waals surface area (Å²) in [6.07, 6.45) is 5.19. The number of carbonyl (C=O) groups is 10. The second-order valence-corrected chi connectivity index (χ2v) is 17.7. The van der Waals surface area contributed by atoms with Crippen LogP contribution in [0, 0.1) is 0 Å². The van der Waals surface area contributed by atoms with Gasteiger partial charge in [0.25, 0.3) is 0 Å². The second kappa shape index (κ2) is 38.6. The molecule has 406 valence electrons. The molecule has 0 aliphatic heterocycles. The van der Waals surface area contributed by atoms with Gasteiger partial charge in [0, 0.05) is 83.4 Å². The Hall–Kier alpha value is -6.09. The number of phenols is 1. The van der Waals surface area contributed by atoms with Crippen LogP contribution in [0.2, 0.25) is 0 Å². The average molecular weight is 1040 g/mol. The summed E-state index contributed by atoms with van der Waals surface area (Å²) in [5.74, 6) is -4.29. The van der Waals surface area contributed by atoms with Crippen molar-refractivity contribution in [3.05, 3.63) is 29.8 Å². The summed E-state index contributed by atoms with van der Waals surface area (Å²) in [6, 6.07) is 4.44. The summed E-state index contributed by atoms with van der Waals surface area (Å²) in [4.78, 5) is 122. The maximum atomic E-state index is 13.2. The Morgan fingerprint density at radius 1 is 0.583 bits per heavy atom. The van der Waals surface area contributed by atoms with Gasteiger partial charge in [0.05, 0.1) is 13.1 Å². The summed E-state index contributed by atoms with van der Waals surface area (Å²) >= 11 is 3.99. The van der Waals surface area contributed by atoms with Gasteiger partial charge in [-0.15, -0.1) is 0 Å². The Labute approximate surface area is 427 Å². The molecule has 17 N–H and O–H groups in total. The number of amides is 10. The standard InChI is InChI=1S/C46H80N14O11S/c1-3-22-49-25-26-50-31-46(2,57-41(67)16-10-14-38(64)54-29-43(69)51-23-8-5-7-13-39(65)56-35(30-72)44(48)70)59-60-58-42(68)17-11-15-40(66)55-34(27-32-18-20-33(61)21-19-32)45(71)52-24-9-4-6-12-37(63)53-28-36(47)62/h18-21,34-35,49-50,59-61,72H,3-17,22-31H2,1-2H3,(H2,47,62)(H2,48,70)(H,51,69)(H,52,71)(H,53,63)(H,54,64)(H,55,66)(H,56,65)(H,57,67)(H,58,68)/t34-,35-,46+/m0/s1. The molecule has 0 aliphatic carbocycles. The van der Waals surface area contributed by atoms with Crippen LogP contribution in [0.4, 0.5) is 0 Å². The Balaban J connectivity index is 2.55. The number of aromatic hydroxyl groups is 1. The van der Waals surface area contributed by atoms with Crippen LogP contribution in [0.25, 0.3) is 0 Å². The van der Waals surface area contributed by atoms with Crippen molar-refractivity contribution in [2.24, 2.45) is 11.5 Å². The van der Waals surface area contributed by atoms with E-state index in [4.69, 9.17) is 11.5 Å². The van der Waals surface area contributed by atoms with E-state index in [0.717, 1.165) is 13.0 Å². The number of hydrogen-bond acceptors (Lipinski definition) is 16. The lowest BCUT2D eigenvalue weighted by atomic mass is 10.0. The molecule has 0 radical (unpaired) electrons. The fraction of sp³-hybridized carbons (Fsp3) is 0.652. The van der Waals surface area contributed by atoms with Crippen molar-refractivity contribution in [2.75, 3.05) is 58.1 Å². The highest BCUT2D eigenvalue weighted by molar-refractivity contribution is 7.80. The number of carbonyl (C=O) groups excluding carboxylic acids is 10. The number of hydrazine groups is 2. The fourth-order valence-electron chi connectivity index (χ4n) is 6.59. The highest BCUT2D eigenvalue weighted by Crippen LogP contribution is 2.12. The van der Waals surface area contributed by atoms with Crippen molar-refractivity contribution >= 4 is 71.7 Å². The molecule has 10 amide bonds. The second-order valence-electron chi connectivity index (χ2n) is 17.3. The highest BCUT2D eigenvalue weighted by Gasteiger charge is 2.26. The third-order valence-corrected chi connectivity index (χ3v) is 10.9. The number of nitrogens with two attached hydrogens (primary N) is 2. The zero-order chi connectivity index (χ0) is 53.6. The summed E-state index contributed by atoms with van der Waals surface area (Å²) in [7, 11) is 0. The van der Waals surface area contributed by atoms with Gasteiger partial charge in [-0.25, -0.2) is 5.43 Å². The molecule has 0 fully saturated rings. The molecule has 1 rings (SSSR count). The summed E-state index contributed by atoms with van der Waals surface area (Å²) in [5.41, 5.74) is 17.9. The molecule has 0 unspecified atom stereocenters. The Morgan fingerprint density at radius 2 is 1.12 bits per heavy atom. The van der Waals surface area contributed by atoms with E-state index in [1.807, 2.05) is 0 Å². The molecule has 3 atom stereocenters. The van der Waals surface area contributed by atoms with Crippen LogP contribution in [0.1, 0.15) is 116 Å². The Bertz CT molecular complexity index is 1860. The predicted molar refractivity (Wildman–Crippen MR) is 272 cm³/mol. The Morgan fingerprint density at radius 3 is 1.74 bits per heavy atom. The van der Waals surface area contributed by atoms with Crippen LogP contribution < -0.4 is 75.7 Å². The van der Waals surface area contributed by atoms with Gasteiger partial charge in [0.2, 0.25) is 59.1 Å².